The highest BCUT2D eigenvalue weighted by molar-refractivity contribution is 7.14. The predicted molar refractivity (Wildman–Crippen MR) is 152 cm³/mol. The number of nitrogens with one attached hydrogen (secondary N) is 1. The summed E-state index contributed by atoms with van der Waals surface area (Å²) in [6, 6.07) is 30.0. The highest BCUT2D eigenvalue weighted by atomic mass is 32.1. The van der Waals surface area contributed by atoms with E-state index in [0.29, 0.717) is 41.3 Å². The summed E-state index contributed by atoms with van der Waals surface area (Å²) in [6.45, 7) is 0.723. The summed E-state index contributed by atoms with van der Waals surface area (Å²) < 4.78 is 17.6. The molecule has 0 saturated carbocycles. The first kappa shape index (κ1) is 25.8. The molecule has 4 aromatic carbocycles. The van der Waals surface area contributed by atoms with Crippen molar-refractivity contribution in [3.8, 4) is 28.5 Å². The number of anilines is 2. The number of nitrogens with zero attached hydrogens (tertiary/aromatic N) is 1. The molecule has 0 unspecified atom stereocenters. The van der Waals surface area contributed by atoms with Crippen molar-refractivity contribution < 1.29 is 24.1 Å². The van der Waals surface area contributed by atoms with Crippen molar-refractivity contribution in [2.75, 3.05) is 12.4 Å². The minimum absolute atomic E-state index is 0.139. The normalized spacial score (nSPS) is 10.6. The molecule has 1 heterocycles. The summed E-state index contributed by atoms with van der Waals surface area (Å²) in [5.74, 6) is 0.780. The van der Waals surface area contributed by atoms with E-state index in [0.717, 1.165) is 22.4 Å². The van der Waals surface area contributed by atoms with Gasteiger partial charge in [-0.05, 0) is 47.5 Å². The maximum absolute atomic E-state index is 11.6. The van der Waals surface area contributed by atoms with E-state index in [-0.39, 0.29) is 5.56 Å². The lowest BCUT2D eigenvalue weighted by Crippen LogP contribution is -2.03. The second kappa shape index (κ2) is 12.1. The first-order valence-corrected chi connectivity index (χ1v) is 13.1. The number of thiazole rings is 1. The standard InChI is InChI=1S/C31H26N2O5S/c1-36-24-13-15-28(37-18-21-8-4-2-5-9-21)25(17-24)27-20-39-31(33-27)32-26-14-12-23(30(34)35)16-29(26)38-19-22-10-6-3-7-11-22/h2-17,20H,18-19H2,1H3,(H,32,33)(H,34,35). The fourth-order valence-corrected chi connectivity index (χ4v) is 4.60. The van der Waals surface area contributed by atoms with Gasteiger partial charge in [0.15, 0.2) is 5.13 Å². The SMILES string of the molecule is COc1ccc(OCc2ccccc2)c(-c2csc(Nc3ccc(C(=O)O)cc3OCc3ccccc3)n2)c1. The van der Waals surface area contributed by atoms with Crippen molar-refractivity contribution in [3.05, 3.63) is 119 Å². The molecule has 7 nitrogen and oxygen atoms in total. The van der Waals surface area contributed by atoms with E-state index in [1.807, 2.05) is 84.2 Å². The van der Waals surface area contributed by atoms with Crippen molar-refractivity contribution in [1.82, 2.24) is 4.98 Å². The van der Waals surface area contributed by atoms with E-state index in [4.69, 9.17) is 19.2 Å². The quantitative estimate of drug-likeness (QED) is 0.181. The van der Waals surface area contributed by atoms with E-state index in [2.05, 4.69) is 5.32 Å². The van der Waals surface area contributed by atoms with Crippen LogP contribution in [-0.2, 0) is 13.2 Å². The van der Waals surface area contributed by atoms with Crippen LogP contribution in [0.4, 0.5) is 10.8 Å². The number of carboxylic acid groups (broad SMARTS) is 1. The molecule has 5 aromatic rings. The topological polar surface area (TPSA) is 89.9 Å². The molecular formula is C31H26N2O5S. The monoisotopic (exact) mass is 538 g/mol. The number of rotatable bonds is 11. The summed E-state index contributed by atoms with van der Waals surface area (Å²) in [4.78, 5) is 16.4. The van der Waals surface area contributed by atoms with Crippen LogP contribution in [0, 0.1) is 0 Å². The molecule has 1 aromatic heterocycles. The van der Waals surface area contributed by atoms with Crippen LogP contribution in [0.5, 0.6) is 17.2 Å². The molecule has 39 heavy (non-hydrogen) atoms. The van der Waals surface area contributed by atoms with Gasteiger partial charge in [-0.25, -0.2) is 9.78 Å². The fourth-order valence-electron chi connectivity index (χ4n) is 3.88. The first-order valence-electron chi connectivity index (χ1n) is 12.2. The van der Waals surface area contributed by atoms with E-state index >= 15 is 0 Å². The second-order valence-corrected chi connectivity index (χ2v) is 9.45. The Balaban J connectivity index is 1.39. The molecule has 196 valence electrons. The van der Waals surface area contributed by atoms with Crippen LogP contribution in [0.25, 0.3) is 11.3 Å². The van der Waals surface area contributed by atoms with Crippen molar-refractivity contribution >= 4 is 28.1 Å². The number of ether oxygens (including phenoxy) is 3. The smallest absolute Gasteiger partial charge is 0.335 e. The van der Waals surface area contributed by atoms with Gasteiger partial charge in [-0.15, -0.1) is 11.3 Å². The van der Waals surface area contributed by atoms with Gasteiger partial charge in [0, 0.05) is 10.9 Å². The van der Waals surface area contributed by atoms with Crippen LogP contribution in [0.1, 0.15) is 21.5 Å². The van der Waals surface area contributed by atoms with Crippen LogP contribution in [0.2, 0.25) is 0 Å². The Morgan fingerprint density at radius 1 is 0.846 bits per heavy atom. The maximum atomic E-state index is 11.6. The van der Waals surface area contributed by atoms with Crippen molar-refractivity contribution in [3.63, 3.8) is 0 Å². The molecule has 0 radical (unpaired) electrons. The number of carbonyl (C=O) groups is 1. The summed E-state index contributed by atoms with van der Waals surface area (Å²) >= 11 is 1.42. The van der Waals surface area contributed by atoms with Gasteiger partial charge in [0.1, 0.15) is 30.5 Å². The van der Waals surface area contributed by atoms with Crippen molar-refractivity contribution in [2.24, 2.45) is 0 Å². The number of aromatic carboxylic acids is 1. The lowest BCUT2D eigenvalue weighted by Gasteiger charge is -2.13. The summed E-state index contributed by atoms with van der Waals surface area (Å²) in [5, 5.41) is 15.3. The molecule has 5 rings (SSSR count). The van der Waals surface area contributed by atoms with Gasteiger partial charge in [0.25, 0.3) is 0 Å². The summed E-state index contributed by atoms with van der Waals surface area (Å²) in [6.07, 6.45) is 0. The highest BCUT2D eigenvalue weighted by Gasteiger charge is 2.15. The Morgan fingerprint density at radius 2 is 1.51 bits per heavy atom. The molecule has 0 atom stereocenters. The lowest BCUT2D eigenvalue weighted by molar-refractivity contribution is 0.0696. The molecule has 8 heteroatoms. The maximum Gasteiger partial charge on any atom is 0.335 e. The average molecular weight is 539 g/mol. The minimum atomic E-state index is -1.02. The van der Waals surface area contributed by atoms with Crippen LogP contribution >= 0.6 is 11.3 Å². The Labute approximate surface area is 230 Å². The van der Waals surface area contributed by atoms with E-state index in [9.17, 15) is 9.90 Å². The second-order valence-electron chi connectivity index (χ2n) is 8.59. The number of methoxy groups -OCH3 is 1. The van der Waals surface area contributed by atoms with Gasteiger partial charge in [-0.2, -0.15) is 0 Å². The average Bonchev–Trinajstić information content (AvgIpc) is 3.44. The Morgan fingerprint density at radius 3 is 2.15 bits per heavy atom. The van der Waals surface area contributed by atoms with Gasteiger partial charge in [0.05, 0.1) is 24.1 Å². The Hall–Kier alpha value is -4.82. The molecule has 0 fully saturated rings. The highest BCUT2D eigenvalue weighted by Crippen LogP contribution is 2.37. The molecule has 0 amide bonds. The third kappa shape index (κ3) is 6.55. The van der Waals surface area contributed by atoms with E-state index in [1.54, 1.807) is 13.2 Å². The Kier molecular flexibility index (Phi) is 8.04. The van der Waals surface area contributed by atoms with Gasteiger partial charge in [0.2, 0.25) is 0 Å². The van der Waals surface area contributed by atoms with Gasteiger partial charge in [-0.1, -0.05) is 60.7 Å². The molecular weight excluding hydrogens is 512 g/mol. The van der Waals surface area contributed by atoms with E-state index < -0.39 is 5.97 Å². The number of hydrogen-bond donors (Lipinski definition) is 2. The molecule has 0 saturated heterocycles. The zero-order valence-corrected chi connectivity index (χ0v) is 22.0. The summed E-state index contributed by atoms with van der Waals surface area (Å²) in [5.41, 5.74) is 4.31. The van der Waals surface area contributed by atoms with Crippen LogP contribution in [-0.4, -0.2) is 23.2 Å². The first-order chi connectivity index (χ1) is 19.1. The lowest BCUT2D eigenvalue weighted by atomic mass is 10.1. The molecule has 2 N–H and O–H groups in total. The van der Waals surface area contributed by atoms with Crippen molar-refractivity contribution in [1.29, 1.82) is 0 Å². The largest absolute Gasteiger partial charge is 0.497 e. The third-order valence-corrected chi connectivity index (χ3v) is 6.67. The fraction of sp³-hybridized carbons (Fsp3) is 0.0968. The van der Waals surface area contributed by atoms with E-state index in [1.165, 1.54) is 23.5 Å². The zero-order valence-electron chi connectivity index (χ0n) is 21.2. The number of hydrogen-bond acceptors (Lipinski definition) is 7. The third-order valence-electron chi connectivity index (χ3n) is 5.91. The molecule has 0 bridgehead atoms. The number of aromatic nitrogens is 1. The minimum Gasteiger partial charge on any atom is -0.497 e. The molecule has 0 aliphatic heterocycles. The Bertz CT molecular complexity index is 1550. The predicted octanol–water partition coefficient (Wildman–Crippen LogP) is 7.42. The van der Waals surface area contributed by atoms with Crippen LogP contribution in [0.3, 0.4) is 0 Å². The van der Waals surface area contributed by atoms with Crippen LogP contribution in [0.15, 0.2) is 102 Å². The van der Waals surface area contributed by atoms with Gasteiger partial charge >= 0.3 is 5.97 Å². The zero-order chi connectivity index (χ0) is 27.0. The summed E-state index contributed by atoms with van der Waals surface area (Å²) in [7, 11) is 1.62. The van der Waals surface area contributed by atoms with Gasteiger partial charge < -0.3 is 24.6 Å². The molecule has 0 aliphatic carbocycles. The van der Waals surface area contributed by atoms with Crippen molar-refractivity contribution in [2.45, 2.75) is 13.2 Å². The molecule has 0 aliphatic rings. The molecule has 0 spiro atoms. The van der Waals surface area contributed by atoms with Crippen LogP contribution < -0.4 is 19.5 Å². The number of benzene rings is 4. The van der Waals surface area contributed by atoms with Gasteiger partial charge in [-0.3, -0.25) is 0 Å². The number of carboxylic acids is 1.